The van der Waals surface area contributed by atoms with Crippen molar-refractivity contribution in [2.75, 3.05) is 11.9 Å². The van der Waals surface area contributed by atoms with Crippen LogP contribution in [0.2, 0.25) is 0 Å². The minimum atomic E-state index is 0.199. The molecular weight excluding hydrogens is 194 g/mol. The molecule has 0 amide bonds. The van der Waals surface area contributed by atoms with Gasteiger partial charge in [-0.1, -0.05) is 5.10 Å². The van der Waals surface area contributed by atoms with E-state index in [9.17, 15) is 0 Å². The Morgan fingerprint density at radius 3 is 3.27 bits per heavy atom. The molecule has 1 aliphatic heterocycles. The van der Waals surface area contributed by atoms with E-state index in [0.717, 1.165) is 24.5 Å². The second kappa shape index (κ2) is 3.04. The molecule has 1 atom stereocenters. The van der Waals surface area contributed by atoms with Crippen molar-refractivity contribution in [3.63, 3.8) is 0 Å². The summed E-state index contributed by atoms with van der Waals surface area (Å²) in [5, 5.41) is 18.9. The number of fused-ring (bicyclic) bond motifs is 1. The SMILES string of the molecule is Cn1cc(C2CCNc3nnnn32)cn1. The van der Waals surface area contributed by atoms with Gasteiger partial charge in [0.15, 0.2) is 0 Å². The van der Waals surface area contributed by atoms with Gasteiger partial charge in [-0.2, -0.15) is 5.10 Å². The summed E-state index contributed by atoms with van der Waals surface area (Å²) in [6.45, 7) is 0.889. The van der Waals surface area contributed by atoms with Crippen LogP contribution in [0.1, 0.15) is 18.0 Å². The van der Waals surface area contributed by atoms with Crippen molar-refractivity contribution in [1.82, 2.24) is 30.0 Å². The molecule has 15 heavy (non-hydrogen) atoms. The van der Waals surface area contributed by atoms with Gasteiger partial charge >= 0.3 is 0 Å². The van der Waals surface area contributed by atoms with E-state index in [0.29, 0.717) is 0 Å². The number of nitrogens with one attached hydrogen (secondary N) is 1. The zero-order chi connectivity index (χ0) is 10.3. The van der Waals surface area contributed by atoms with Gasteiger partial charge in [0, 0.05) is 25.4 Å². The standard InChI is InChI=1S/C8H11N7/c1-14-5-6(4-10-14)7-2-3-9-8-11-12-13-15(7)8/h4-5,7H,2-3H2,1H3,(H,9,11,13). The van der Waals surface area contributed by atoms with Gasteiger partial charge in [0.05, 0.1) is 12.2 Å². The molecule has 0 saturated heterocycles. The third-order valence-corrected chi connectivity index (χ3v) is 2.60. The summed E-state index contributed by atoms with van der Waals surface area (Å²) in [7, 11) is 1.91. The van der Waals surface area contributed by atoms with Crippen molar-refractivity contribution in [2.24, 2.45) is 7.05 Å². The normalized spacial score (nSPS) is 19.7. The smallest absolute Gasteiger partial charge is 0.243 e. The van der Waals surface area contributed by atoms with Crippen molar-refractivity contribution >= 4 is 5.95 Å². The lowest BCUT2D eigenvalue weighted by Crippen LogP contribution is -2.24. The number of tetrazole rings is 1. The first-order valence-corrected chi connectivity index (χ1v) is 4.85. The molecule has 7 heteroatoms. The Morgan fingerprint density at radius 1 is 1.53 bits per heavy atom. The summed E-state index contributed by atoms with van der Waals surface area (Å²) in [5.41, 5.74) is 1.15. The average molecular weight is 205 g/mol. The molecule has 3 heterocycles. The van der Waals surface area contributed by atoms with Gasteiger partial charge in [-0.05, 0) is 16.8 Å². The van der Waals surface area contributed by atoms with Gasteiger partial charge in [-0.15, -0.1) is 0 Å². The molecule has 0 fully saturated rings. The van der Waals surface area contributed by atoms with Gasteiger partial charge in [0.25, 0.3) is 0 Å². The average Bonchev–Trinajstić information content (AvgIpc) is 2.84. The van der Waals surface area contributed by atoms with E-state index < -0.39 is 0 Å². The Labute approximate surface area is 86.1 Å². The molecule has 0 spiro atoms. The number of rotatable bonds is 1. The van der Waals surface area contributed by atoms with Crippen molar-refractivity contribution < 1.29 is 0 Å². The highest BCUT2D eigenvalue weighted by Crippen LogP contribution is 2.26. The minimum Gasteiger partial charge on any atom is -0.353 e. The fourth-order valence-corrected chi connectivity index (χ4v) is 1.88. The summed E-state index contributed by atoms with van der Waals surface area (Å²) >= 11 is 0. The highest BCUT2D eigenvalue weighted by molar-refractivity contribution is 5.28. The van der Waals surface area contributed by atoms with Crippen molar-refractivity contribution in [2.45, 2.75) is 12.5 Å². The fourth-order valence-electron chi connectivity index (χ4n) is 1.88. The molecule has 78 valence electrons. The van der Waals surface area contributed by atoms with Crippen LogP contribution >= 0.6 is 0 Å². The Kier molecular flexibility index (Phi) is 1.70. The molecule has 1 unspecified atom stereocenters. The van der Waals surface area contributed by atoms with Gasteiger partial charge in [0.2, 0.25) is 5.95 Å². The molecule has 0 saturated carbocycles. The number of nitrogens with zero attached hydrogens (tertiary/aromatic N) is 6. The highest BCUT2D eigenvalue weighted by atomic mass is 15.6. The van der Waals surface area contributed by atoms with Crippen LogP contribution in [0, 0.1) is 0 Å². The van der Waals surface area contributed by atoms with E-state index >= 15 is 0 Å². The molecule has 0 bridgehead atoms. The predicted octanol–water partition coefficient (Wildman–Crippen LogP) is -0.188. The number of hydrogen-bond donors (Lipinski definition) is 1. The van der Waals surface area contributed by atoms with Crippen LogP contribution in [0.5, 0.6) is 0 Å². The first-order chi connectivity index (χ1) is 7.34. The quantitative estimate of drug-likeness (QED) is 0.698. The van der Waals surface area contributed by atoms with Gasteiger partial charge in [0.1, 0.15) is 0 Å². The van der Waals surface area contributed by atoms with Gasteiger partial charge in [-0.25, -0.2) is 4.68 Å². The van der Waals surface area contributed by atoms with Crippen LogP contribution in [0.25, 0.3) is 0 Å². The summed E-state index contributed by atoms with van der Waals surface area (Å²) in [5.74, 6) is 0.732. The zero-order valence-electron chi connectivity index (χ0n) is 8.33. The maximum atomic E-state index is 4.16. The molecule has 1 aliphatic rings. The van der Waals surface area contributed by atoms with Gasteiger partial charge < -0.3 is 5.32 Å². The lowest BCUT2D eigenvalue weighted by Gasteiger charge is -2.22. The molecule has 1 N–H and O–H groups in total. The second-order valence-electron chi connectivity index (χ2n) is 3.63. The van der Waals surface area contributed by atoms with Crippen LogP contribution < -0.4 is 5.32 Å². The maximum Gasteiger partial charge on any atom is 0.243 e. The minimum absolute atomic E-state index is 0.199. The number of anilines is 1. The fraction of sp³-hybridized carbons (Fsp3) is 0.500. The number of aryl methyl sites for hydroxylation is 1. The number of hydrogen-bond acceptors (Lipinski definition) is 5. The number of aromatic nitrogens is 6. The van der Waals surface area contributed by atoms with Crippen molar-refractivity contribution in [3.8, 4) is 0 Å². The second-order valence-corrected chi connectivity index (χ2v) is 3.63. The highest BCUT2D eigenvalue weighted by Gasteiger charge is 2.24. The van der Waals surface area contributed by atoms with Crippen molar-refractivity contribution in [3.05, 3.63) is 18.0 Å². The third kappa shape index (κ3) is 1.27. The van der Waals surface area contributed by atoms with Crippen LogP contribution in [-0.2, 0) is 7.05 Å². The summed E-state index contributed by atoms with van der Waals surface area (Å²) in [6.07, 6.45) is 4.84. The van der Waals surface area contributed by atoms with Crippen LogP contribution in [0.3, 0.4) is 0 Å². The van der Waals surface area contributed by atoms with Crippen LogP contribution in [0.15, 0.2) is 12.4 Å². The van der Waals surface area contributed by atoms with Crippen molar-refractivity contribution in [1.29, 1.82) is 0 Å². The molecule has 2 aromatic heterocycles. The van der Waals surface area contributed by atoms with Crippen LogP contribution in [-0.4, -0.2) is 36.5 Å². The lowest BCUT2D eigenvalue weighted by molar-refractivity contribution is 0.469. The van der Waals surface area contributed by atoms with E-state index in [4.69, 9.17) is 0 Å². The monoisotopic (exact) mass is 205 g/mol. The first kappa shape index (κ1) is 8.39. The maximum absolute atomic E-state index is 4.16. The zero-order valence-corrected chi connectivity index (χ0v) is 8.33. The summed E-state index contributed by atoms with van der Waals surface area (Å²) in [6, 6.07) is 0.199. The Balaban J connectivity index is 2.02. The van der Waals surface area contributed by atoms with E-state index in [-0.39, 0.29) is 6.04 Å². The van der Waals surface area contributed by atoms with E-state index in [1.54, 1.807) is 9.36 Å². The van der Waals surface area contributed by atoms with Gasteiger partial charge in [-0.3, -0.25) is 4.68 Å². The Bertz CT molecular complexity index is 471. The van der Waals surface area contributed by atoms with E-state index in [1.807, 2.05) is 19.4 Å². The molecule has 7 nitrogen and oxygen atoms in total. The molecule has 0 aliphatic carbocycles. The lowest BCUT2D eigenvalue weighted by atomic mass is 10.1. The third-order valence-electron chi connectivity index (χ3n) is 2.60. The topological polar surface area (TPSA) is 73.5 Å². The largest absolute Gasteiger partial charge is 0.353 e. The van der Waals surface area contributed by atoms with Crippen LogP contribution in [0.4, 0.5) is 5.95 Å². The summed E-state index contributed by atoms with van der Waals surface area (Å²) < 4.78 is 3.60. The Morgan fingerprint density at radius 2 is 2.47 bits per heavy atom. The summed E-state index contributed by atoms with van der Waals surface area (Å²) in [4.78, 5) is 0. The molecule has 2 aromatic rings. The molecule has 0 aromatic carbocycles. The van der Waals surface area contributed by atoms with E-state index in [1.165, 1.54) is 0 Å². The molecule has 0 radical (unpaired) electrons. The predicted molar refractivity (Wildman–Crippen MR) is 52.3 cm³/mol. The van der Waals surface area contributed by atoms with E-state index in [2.05, 4.69) is 25.9 Å². The molecule has 3 rings (SSSR count). The molecular formula is C8H11N7. The first-order valence-electron chi connectivity index (χ1n) is 4.85. The Hall–Kier alpha value is -1.92.